The van der Waals surface area contributed by atoms with Crippen LogP contribution in [-0.4, -0.2) is 86.3 Å². The van der Waals surface area contributed by atoms with Gasteiger partial charge in [-0.2, -0.15) is 0 Å². The second-order valence-corrected chi connectivity index (χ2v) is 9.55. The Balaban J connectivity index is 2.56. The first-order valence-electron chi connectivity index (χ1n) is 13.9. The van der Waals surface area contributed by atoms with E-state index in [1.165, 1.54) is 12.3 Å². The van der Waals surface area contributed by atoms with Crippen LogP contribution in [0.5, 0.6) is 0 Å². The van der Waals surface area contributed by atoms with Crippen molar-refractivity contribution in [2.45, 2.75) is 45.6 Å². The zero-order valence-electron chi connectivity index (χ0n) is 24.8. The Labute approximate surface area is 244 Å². The zero-order chi connectivity index (χ0) is 30.5. The molecule has 1 aromatic rings. The minimum absolute atomic E-state index is 0.128. The topological polar surface area (TPSA) is 166 Å². The molecule has 1 rings (SSSR count). The number of carbonyl (C=O) groups is 3. The van der Waals surface area contributed by atoms with Crippen molar-refractivity contribution in [2.24, 2.45) is 10.7 Å². The molecule has 0 aliphatic rings. The molecule has 1 atom stereocenters. The van der Waals surface area contributed by atoms with Crippen molar-refractivity contribution < 1.29 is 14.4 Å². The third-order valence-corrected chi connectivity index (χ3v) is 5.73. The number of amides is 3. The van der Waals surface area contributed by atoms with E-state index >= 15 is 0 Å². The van der Waals surface area contributed by atoms with E-state index in [2.05, 4.69) is 43.1 Å². The van der Waals surface area contributed by atoms with Crippen molar-refractivity contribution in [3.63, 3.8) is 0 Å². The zero-order valence-corrected chi connectivity index (χ0v) is 24.8. The number of hydrogen-bond acceptors (Lipinski definition) is 8. The summed E-state index contributed by atoms with van der Waals surface area (Å²) in [5.41, 5.74) is 7.16. The summed E-state index contributed by atoms with van der Waals surface area (Å²) in [6.07, 6.45) is 10.6. The summed E-state index contributed by atoms with van der Waals surface area (Å²) < 4.78 is 0. The summed E-state index contributed by atoms with van der Waals surface area (Å²) in [5.74, 6) is -0.200. The van der Waals surface area contributed by atoms with Gasteiger partial charge in [-0.15, -0.1) is 0 Å². The molecule has 1 unspecified atom stereocenters. The van der Waals surface area contributed by atoms with E-state index in [1.807, 2.05) is 45.0 Å². The highest BCUT2D eigenvalue weighted by molar-refractivity contribution is 6.21. The van der Waals surface area contributed by atoms with Gasteiger partial charge in [-0.05, 0) is 57.5 Å². The summed E-state index contributed by atoms with van der Waals surface area (Å²) in [7, 11) is 3.79. The Morgan fingerprint density at radius 2 is 1.85 bits per heavy atom. The number of amidine groups is 1. The highest BCUT2D eigenvalue weighted by Crippen LogP contribution is 2.02. The summed E-state index contributed by atoms with van der Waals surface area (Å²) >= 11 is 0. The highest BCUT2D eigenvalue weighted by atomic mass is 16.2. The first-order valence-corrected chi connectivity index (χ1v) is 13.9. The van der Waals surface area contributed by atoms with Gasteiger partial charge in [0.25, 0.3) is 5.91 Å². The van der Waals surface area contributed by atoms with Crippen molar-refractivity contribution in [1.29, 1.82) is 0 Å². The summed E-state index contributed by atoms with van der Waals surface area (Å²) in [6, 6.07) is 3.72. The van der Waals surface area contributed by atoms with E-state index in [9.17, 15) is 14.4 Å². The van der Waals surface area contributed by atoms with Crippen molar-refractivity contribution in [3.05, 3.63) is 66.4 Å². The molecule has 0 bridgehead atoms. The number of nitrogens with one attached hydrogen (secondary N) is 5. The number of aromatic nitrogens is 1. The fourth-order valence-corrected chi connectivity index (χ4v) is 3.48. The number of carbonyl (C=O) groups excluding carboxylic acids is 3. The Kier molecular flexibility index (Phi) is 17.6. The van der Waals surface area contributed by atoms with Gasteiger partial charge in [-0.3, -0.25) is 24.4 Å². The van der Waals surface area contributed by atoms with Crippen LogP contribution >= 0.6 is 0 Å². The first kappa shape index (κ1) is 34.8. The molecule has 1 aromatic heterocycles. The fourth-order valence-electron chi connectivity index (χ4n) is 3.48. The van der Waals surface area contributed by atoms with Crippen molar-refractivity contribution in [2.75, 3.05) is 46.8 Å². The van der Waals surface area contributed by atoms with Crippen LogP contribution in [0.1, 0.15) is 38.7 Å². The lowest BCUT2D eigenvalue weighted by Gasteiger charge is -2.19. The molecule has 12 heteroatoms. The minimum Gasteiger partial charge on any atom is -0.404 e. The molecule has 0 aliphatic heterocycles. The molecule has 3 amide bonds. The van der Waals surface area contributed by atoms with Crippen LogP contribution in [0.25, 0.3) is 0 Å². The van der Waals surface area contributed by atoms with E-state index in [-0.39, 0.29) is 30.0 Å². The molecule has 0 aliphatic carbocycles. The number of hydrogen-bond donors (Lipinski definition) is 6. The average molecular weight is 570 g/mol. The van der Waals surface area contributed by atoms with E-state index in [4.69, 9.17) is 5.73 Å². The van der Waals surface area contributed by atoms with Crippen LogP contribution in [0.15, 0.2) is 65.8 Å². The Morgan fingerprint density at radius 3 is 2.49 bits per heavy atom. The van der Waals surface area contributed by atoms with Crippen LogP contribution in [0.4, 0.5) is 0 Å². The van der Waals surface area contributed by atoms with Crippen LogP contribution in [0.2, 0.25) is 0 Å². The molecule has 0 saturated heterocycles. The lowest BCUT2D eigenvalue weighted by molar-refractivity contribution is -0.124. The maximum absolute atomic E-state index is 13.0. The number of likely N-dealkylation sites (N-methyl/N-ethyl adjacent to an activating group) is 1. The number of pyridine rings is 1. The third kappa shape index (κ3) is 15.9. The smallest absolute Gasteiger partial charge is 0.256 e. The van der Waals surface area contributed by atoms with Gasteiger partial charge >= 0.3 is 0 Å². The van der Waals surface area contributed by atoms with Gasteiger partial charge in [0, 0.05) is 56.9 Å². The van der Waals surface area contributed by atoms with Gasteiger partial charge in [0.05, 0.1) is 17.9 Å². The predicted octanol–water partition coefficient (Wildman–Crippen LogP) is 0.561. The Morgan fingerprint density at radius 1 is 1.12 bits per heavy atom. The maximum atomic E-state index is 13.0. The quantitative estimate of drug-likeness (QED) is 0.0799. The SMILES string of the molecule is C=C(NCCc1ccncc1)NC(=NCCC)/C(=C\N)C(=O)NCCC(CC)NC(=O)CNC(=O)/C=C/CN(C)C. The molecule has 0 fully saturated rings. The molecule has 0 radical (unpaired) electrons. The highest BCUT2D eigenvalue weighted by Gasteiger charge is 2.18. The first-order chi connectivity index (χ1) is 19.7. The van der Waals surface area contributed by atoms with Crippen LogP contribution < -0.4 is 32.3 Å². The standard InChI is InChI=1S/C29H47N9O3/c1-6-14-33-28(36-22(3)32-17-12-23-10-15-31-16-11-23)25(20-30)29(41)34-18-13-24(7-2)37-27(40)21-35-26(39)9-8-19-38(4)5/h8-11,15-16,20,24,32H,3,6-7,12-14,17-19,21,30H2,1-2,4-5H3,(H,33,36)(H,34,41)(H,35,39)(H,37,40)/b9-8+,25-20+. The molecule has 12 nitrogen and oxygen atoms in total. The lowest BCUT2D eigenvalue weighted by atomic mass is 10.1. The molecular formula is C29H47N9O3. The van der Waals surface area contributed by atoms with Gasteiger partial charge in [0.15, 0.2) is 0 Å². The predicted molar refractivity (Wildman–Crippen MR) is 164 cm³/mol. The Bertz CT molecular complexity index is 1050. The summed E-state index contributed by atoms with van der Waals surface area (Å²) in [5, 5.41) is 14.6. The number of rotatable bonds is 19. The van der Waals surface area contributed by atoms with Gasteiger partial charge in [-0.25, -0.2) is 0 Å². The average Bonchev–Trinajstić information content (AvgIpc) is 2.94. The normalized spacial score (nSPS) is 12.6. The van der Waals surface area contributed by atoms with E-state index < -0.39 is 5.91 Å². The van der Waals surface area contributed by atoms with Gasteiger partial charge in [0.2, 0.25) is 11.8 Å². The van der Waals surface area contributed by atoms with E-state index in [0.29, 0.717) is 50.7 Å². The summed E-state index contributed by atoms with van der Waals surface area (Å²) in [6.45, 7) is 9.86. The molecule has 7 N–H and O–H groups in total. The largest absolute Gasteiger partial charge is 0.404 e. The molecule has 0 spiro atoms. The van der Waals surface area contributed by atoms with Crippen LogP contribution in [0.3, 0.4) is 0 Å². The van der Waals surface area contributed by atoms with Crippen LogP contribution in [0, 0.1) is 0 Å². The molecule has 0 saturated carbocycles. The molecule has 41 heavy (non-hydrogen) atoms. The van der Waals surface area contributed by atoms with Crippen molar-refractivity contribution in [3.8, 4) is 0 Å². The minimum atomic E-state index is -0.391. The molecular weight excluding hydrogens is 522 g/mol. The van der Waals surface area contributed by atoms with E-state index in [1.54, 1.807) is 18.5 Å². The molecule has 1 heterocycles. The lowest BCUT2D eigenvalue weighted by Crippen LogP contribution is -2.43. The molecule has 226 valence electrons. The Hall–Kier alpha value is -4.19. The second-order valence-electron chi connectivity index (χ2n) is 9.55. The van der Waals surface area contributed by atoms with Gasteiger partial charge in [-0.1, -0.05) is 26.5 Å². The summed E-state index contributed by atoms with van der Waals surface area (Å²) in [4.78, 5) is 47.5. The third-order valence-electron chi connectivity index (χ3n) is 5.73. The van der Waals surface area contributed by atoms with Gasteiger partial charge in [0.1, 0.15) is 5.84 Å². The number of aliphatic imine (C=N–C) groups is 1. The monoisotopic (exact) mass is 569 g/mol. The maximum Gasteiger partial charge on any atom is 0.256 e. The molecule has 0 aromatic carbocycles. The van der Waals surface area contributed by atoms with Gasteiger partial charge < -0.3 is 37.2 Å². The number of nitrogens with zero attached hydrogens (tertiary/aromatic N) is 3. The van der Waals surface area contributed by atoms with Crippen molar-refractivity contribution >= 4 is 23.6 Å². The van der Waals surface area contributed by atoms with Crippen molar-refractivity contribution in [1.82, 2.24) is 36.5 Å². The second kappa shape index (κ2) is 20.7. The number of nitrogens with two attached hydrogens (primary N) is 1. The van der Waals surface area contributed by atoms with E-state index in [0.717, 1.165) is 18.4 Å². The van der Waals surface area contributed by atoms with Crippen LogP contribution in [-0.2, 0) is 20.8 Å². The fraction of sp³-hybridized carbons (Fsp3) is 0.483.